The topological polar surface area (TPSA) is 110 Å². The molecule has 36 heavy (non-hydrogen) atoms. The fraction of sp³-hybridized carbons (Fsp3) is 0.444. The molecule has 4 rings (SSSR count). The Bertz CT molecular complexity index is 1170. The Balaban J connectivity index is 1.54. The van der Waals surface area contributed by atoms with E-state index in [2.05, 4.69) is 19.2 Å². The summed E-state index contributed by atoms with van der Waals surface area (Å²) in [6.07, 6.45) is 2.91. The summed E-state index contributed by atoms with van der Waals surface area (Å²) in [7, 11) is 0. The van der Waals surface area contributed by atoms with E-state index < -0.39 is 19.8 Å². The number of halogens is 1. The van der Waals surface area contributed by atoms with Gasteiger partial charge in [0.2, 0.25) is 5.91 Å². The molecule has 0 aromatic heterocycles. The van der Waals surface area contributed by atoms with E-state index in [4.69, 9.17) is 0 Å². The van der Waals surface area contributed by atoms with Crippen molar-refractivity contribution in [3.8, 4) is 11.5 Å². The summed E-state index contributed by atoms with van der Waals surface area (Å²) in [4.78, 5) is 42.2. The molecule has 8 nitrogen and oxygen atoms in total. The zero-order valence-corrected chi connectivity index (χ0v) is 23.0. The number of carbonyl (C=O) groups is 3. The van der Waals surface area contributed by atoms with Gasteiger partial charge in [-0.15, -0.1) is 0 Å². The van der Waals surface area contributed by atoms with Crippen LogP contribution >= 0.6 is 19.8 Å². The molecule has 0 saturated carbocycles. The molecule has 0 unspecified atom stereocenters. The summed E-state index contributed by atoms with van der Waals surface area (Å²) < 4.78 is 1.73. The minimum absolute atomic E-state index is 0.00830. The van der Waals surface area contributed by atoms with Crippen molar-refractivity contribution in [2.75, 3.05) is 33.4 Å². The Hall–Kier alpha value is -2.82. The van der Waals surface area contributed by atoms with E-state index in [1.54, 1.807) is 4.90 Å². The van der Waals surface area contributed by atoms with Gasteiger partial charge >= 0.3 is 197 Å². The van der Waals surface area contributed by atoms with E-state index in [1.165, 1.54) is 6.07 Å². The van der Waals surface area contributed by atoms with Gasteiger partial charge in [0.1, 0.15) is 0 Å². The van der Waals surface area contributed by atoms with Crippen LogP contribution in [0, 0.1) is 0 Å². The molecule has 2 aliphatic heterocycles. The number of hydrogen-bond acceptors (Lipinski definition) is 6. The molecule has 3 N–H and O–H groups in total. The molecule has 194 valence electrons. The van der Waals surface area contributed by atoms with Gasteiger partial charge in [0, 0.05) is 6.54 Å². The molecule has 0 bridgehead atoms. The Labute approximate surface area is 219 Å². The number of amides is 2. The van der Waals surface area contributed by atoms with E-state index in [1.807, 2.05) is 23.1 Å². The molecule has 0 radical (unpaired) electrons. The molecule has 1 saturated heterocycles. The summed E-state index contributed by atoms with van der Waals surface area (Å²) in [5.74, 6) is -0.967. The summed E-state index contributed by atoms with van der Waals surface area (Å²) in [6, 6.07) is 8.48. The van der Waals surface area contributed by atoms with Gasteiger partial charge in [0.25, 0.3) is 0 Å². The average Bonchev–Trinajstić information content (AvgIpc) is 3.29. The first-order valence-corrected chi connectivity index (χ1v) is 16.6. The average molecular weight is 607 g/mol. The Kier molecular flexibility index (Phi) is 8.38. The van der Waals surface area contributed by atoms with Crippen LogP contribution in [0.15, 0.2) is 30.3 Å². The number of nitrogens with one attached hydrogen (secondary N) is 1. The van der Waals surface area contributed by atoms with Crippen LogP contribution in [-0.4, -0.2) is 59.2 Å². The maximum atomic E-state index is 13.4. The van der Waals surface area contributed by atoms with Gasteiger partial charge in [-0.1, -0.05) is 0 Å². The third-order valence-corrected chi connectivity index (χ3v) is 12.9. The summed E-state index contributed by atoms with van der Waals surface area (Å²) in [5, 5.41) is 23.8. The molecular formula is C27H34IN3O5. The van der Waals surface area contributed by atoms with E-state index in [-0.39, 0.29) is 38.2 Å². The number of nitrogens with zero attached hydrogens (tertiary/aromatic N) is 2. The van der Waals surface area contributed by atoms with Gasteiger partial charge < -0.3 is 5.32 Å². The van der Waals surface area contributed by atoms with Crippen LogP contribution < -0.4 is 10.2 Å². The monoisotopic (exact) mass is 607 g/mol. The number of fused-ring (bicyclic) bond motifs is 1. The van der Waals surface area contributed by atoms with Gasteiger partial charge in [0.15, 0.2) is 0 Å². The van der Waals surface area contributed by atoms with Crippen LogP contribution in [0.2, 0.25) is 0 Å². The number of phenols is 2. The number of aromatic hydroxyl groups is 2. The van der Waals surface area contributed by atoms with Crippen molar-refractivity contribution < 1.29 is 24.6 Å². The fourth-order valence-electron chi connectivity index (χ4n) is 4.59. The molecule has 2 amide bonds. The van der Waals surface area contributed by atoms with Crippen LogP contribution in [0.1, 0.15) is 65.0 Å². The molecule has 2 aliphatic rings. The van der Waals surface area contributed by atoms with Crippen molar-refractivity contribution in [1.29, 1.82) is 0 Å². The third kappa shape index (κ3) is 5.61. The minimum atomic E-state index is -2.01. The van der Waals surface area contributed by atoms with E-state index in [0.29, 0.717) is 26.2 Å². The summed E-state index contributed by atoms with van der Waals surface area (Å²) >= 11 is -2.01. The second-order valence-corrected chi connectivity index (χ2v) is 15.0. The van der Waals surface area contributed by atoms with Gasteiger partial charge in [-0.05, 0) is 0 Å². The predicted octanol–water partition coefficient (Wildman–Crippen LogP) is 4.05. The van der Waals surface area contributed by atoms with E-state index in [0.717, 1.165) is 57.5 Å². The Morgan fingerprint density at radius 1 is 0.944 bits per heavy atom. The zero-order valence-electron chi connectivity index (χ0n) is 20.8. The second-order valence-electron chi connectivity index (χ2n) is 9.23. The summed E-state index contributed by atoms with van der Waals surface area (Å²) in [6.45, 7) is 6.56. The fourth-order valence-corrected chi connectivity index (χ4v) is 10.3. The van der Waals surface area contributed by atoms with Crippen molar-refractivity contribution in [2.24, 2.45) is 0 Å². The number of anilines is 1. The van der Waals surface area contributed by atoms with Crippen LogP contribution in [0.25, 0.3) is 0 Å². The number of carbonyl (C=O) groups excluding carboxylic acids is 3. The van der Waals surface area contributed by atoms with Crippen molar-refractivity contribution >= 4 is 41.1 Å². The van der Waals surface area contributed by atoms with Crippen molar-refractivity contribution in [3.63, 3.8) is 0 Å². The molecular weight excluding hydrogens is 573 g/mol. The zero-order chi connectivity index (χ0) is 25.8. The molecule has 9 heteroatoms. The number of phenolic OH excluding ortho intramolecular Hbond substituents is 2. The summed E-state index contributed by atoms with van der Waals surface area (Å²) in [5.41, 5.74) is 3.15. The molecule has 1 fully saturated rings. The quantitative estimate of drug-likeness (QED) is 0.226. The normalized spacial score (nSPS) is 15.5. The van der Waals surface area contributed by atoms with Gasteiger partial charge in [0.05, 0.1) is 0 Å². The number of hydrogen-bond donors (Lipinski definition) is 3. The second kappa shape index (κ2) is 11.5. The maximum absolute atomic E-state index is 13.4. The van der Waals surface area contributed by atoms with Crippen LogP contribution in [0.5, 0.6) is 11.5 Å². The van der Waals surface area contributed by atoms with Crippen LogP contribution in [-0.2, 0) is 17.9 Å². The molecule has 0 spiro atoms. The van der Waals surface area contributed by atoms with Crippen molar-refractivity contribution in [1.82, 2.24) is 10.2 Å². The number of unbranched alkanes of at least 4 members (excludes halogenated alkanes) is 1. The van der Waals surface area contributed by atoms with E-state index >= 15 is 0 Å². The molecule has 0 aliphatic carbocycles. The Morgan fingerprint density at radius 3 is 2.42 bits per heavy atom. The van der Waals surface area contributed by atoms with Gasteiger partial charge in [-0.3, -0.25) is 4.79 Å². The number of piperazine rings is 1. The van der Waals surface area contributed by atoms with Gasteiger partial charge in [-0.25, -0.2) is 0 Å². The molecule has 2 aromatic rings. The molecule has 2 aromatic carbocycles. The van der Waals surface area contributed by atoms with Crippen molar-refractivity contribution in [3.05, 3.63) is 52.6 Å². The van der Waals surface area contributed by atoms with Crippen LogP contribution in [0.4, 0.5) is 5.69 Å². The standard InChI is InChI=1S/C27H34IN3O5/c1-3-5-9-28(8-4-2)26(35)21-13-22(24(33)14-23(21)32)27(36)31-15-18-6-7-20(12-19(18)16-31)30-11-10-29-25(34)17-30/h6-7,12-14,32-33H,3-5,8-11,15-17H2,1-2H3,(H,29,34). The number of benzene rings is 2. The van der Waals surface area contributed by atoms with Crippen LogP contribution in [0.3, 0.4) is 0 Å². The Morgan fingerprint density at radius 2 is 1.69 bits per heavy atom. The molecule has 2 heterocycles. The SMILES string of the molecule is CCCCI(CCC)C(=O)c1cc(C(=O)N2Cc3ccc(N4CCNC(=O)C4)cc3C2)c(O)cc1O. The first kappa shape index (κ1) is 26.2. The first-order chi connectivity index (χ1) is 17.3. The first-order valence-electron chi connectivity index (χ1n) is 12.5. The van der Waals surface area contributed by atoms with Gasteiger partial charge in [-0.2, -0.15) is 0 Å². The predicted molar refractivity (Wildman–Crippen MR) is 148 cm³/mol. The third-order valence-electron chi connectivity index (χ3n) is 6.53. The van der Waals surface area contributed by atoms with Crippen molar-refractivity contribution in [2.45, 2.75) is 46.2 Å². The van der Waals surface area contributed by atoms with E-state index in [9.17, 15) is 24.6 Å². The number of alkyl halides is 2. The molecule has 0 atom stereocenters. The number of rotatable bonds is 9.